The van der Waals surface area contributed by atoms with Gasteiger partial charge in [-0.25, -0.2) is 0 Å². The van der Waals surface area contributed by atoms with Gasteiger partial charge >= 0.3 is 7.69 Å². The third kappa shape index (κ3) is 6.01. The van der Waals surface area contributed by atoms with Crippen molar-refractivity contribution in [1.82, 2.24) is 5.23 Å². The Hall–Kier alpha value is 0.00987. The number of nitrogens with one attached hydrogen (secondary N) is 1. The molecule has 3 nitrogen and oxygen atoms in total. The fourth-order valence-corrected chi connectivity index (χ4v) is 0.171. The van der Waals surface area contributed by atoms with Crippen LogP contribution in [0.5, 0.6) is 0 Å². The van der Waals surface area contributed by atoms with Gasteiger partial charge in [0, 0.05) is 13.2 Å². The smallest absolute Gasteiger partial charge is 0.429 e. The Bertz CT molecular complexity index is 32.9. The van der Waals surface area contributed by atoms with Crippen LogP contribution in [-0.2, 0) is 4.65 Å². The molecule has 0 aromatic carbocycles. The molecule has 7 heavy (non-hydrogen) atoms. The van der Waals surface area contributed by atoms with Crippen molar-refractivity contribution in [2.75, 3.05) is 13.2 Å². The van der Waals surface area contributed by atoms with Crippen LogP contribution in [-0.4, -0.2) is 33.8 Å². The summed E-state index contributed by atoms with van der Waals surface area (Å²) in [6.07, 6.45) is 0. The zero-order valence-electron chi connectivity index (χ0n) is 3.92. The van der Waals surface area contributed by atoms with Gasteiger partial charge < -0.3 is 14.9 Å². The van der Waals surface area contributed by atoms with Gasteiger partial charge in [-0.05, 0) is 0 Å². The minimum absolute atomic E-state index is 0.396. The van der Waals surface area contributed by atoms with Crippen LogP contribution in [0, 0.1) is 0 Å². The summed E-state index contributed by atoms with van der Waals surface area (Å²) < 4.78 is 4.36. The van der Waals surface area contributed by atoms with Crippen LogP contribution in [0.3, 0.4) is 0 Å². The van der Waals surface area contributed by atoms with Gasteiger partial charge in [0.15, 0.2) is 7.98 Å². The predicted octanol–water partition coefficient (Wildman–Crippen LogP) is -1.80. The lowest BCUT2D eigenvalue weighted by molar-refractivity contribution is 0.290. The quantitative estimate of drug-likeness (QED) is 0.322. The molecular formula is C2H6B2NO2. The second kappa shape index (κ2) is 6.01. The van der Waals surface area contributed by atoms with E-state index in [-0.39, 0.29) is 0 Å². The fourth-order valence-electron chi connectivity index (χ4n) is 0.171. The minimum atomic E-state index is 0.396. The molecule has 0 heterocycles. The van der Waals surface area contributed by atoms with Crippen molar-refractivity contribution < 1.29 is 9.68 Å². The molecule has 0 atom stereocenters. The zero-order valence-corrected chi connectivity index (χ0v) is 3.92. The van der Waals surface area contributed by atoms with E-state index in [0.29, 0.717) is 20.8 Å². The molecule has 37 valence electrons. The van der Waals surface area contributed by atoms with Crippen molar-refractivity contribution in [3.8, 4) is 0 Å². The Balaban J connectivity index is 2.45. The lowest BCUT2D eigenvalue weighted by Crippen LogP contribution is -2.16. The molecule has 0 bridgehead atoms. The molecule has 2 N–H and O–H groups in total. The molecule has 0 rings (SSSR count). The van der Waals surface area contributed by atoms with Crippen LogP contribution in [0.1, 0.15) is 0 Å². The summed E-state index contributed by atoms with van der Waals surface area (Å²) in [5.41, 5.74) is 0. The summed E-state index contributed by atoms with van der Waals surface area (Å²) in [6, 6.07) is 0. The molecule has 0 aliphatic rings. The molecule has 5 heteroatoms. The lowest BCUT2D eigenvalue weighted by atomic mass is 10.4. The molecule has 0 aliphatic carbocycles. The Morgan fingerprint density at radius 1 is 1.86 bits per heavy atom. The third-order valence-electron chi connectivity index (χ3n) is 0.439. The number of hydrogen-bond donors (Lipinski definition) is 2. The van der Waals surface area contributed by atoms with Crippen molar-refractivity contribution in [2.24, 2.45) is 0 Å². The second-order valence-electron chi connectivity index (χ2n) is 0.930. The minimum Gasteiger partial charge on any atom is -0.429 e. The van der Waals surface area contributed by atoms with Crippen molar-refractivity contribution in [2.45, 2.75) is 0 Å². The average molecular weight is 97.7 g/mol. The first kappa shape index (κ1) is 7.01. The van der Waals surface area contributed by atoms with Crippen LogP contribution in [0.25, 0.3) is 0 Å². The Morgan fingerprint density at radius 3 is 3.00 bits per heavy atom. The van der Waals surface area contributed by atoms with E-state index in [1.165, 1.54) is 0 Å². The van der Waals surface area contributed by atoms with Crippen LogP contribution < -0.4 is 5.23 Å². The molecule has 0 saturated carbocycles. The Kier molecular flexibility index (Phi) is 6.02. The first-order valence-corrected chi connectivity index (χ1v) is 1.92. The summed E-state index contributed by atoms with van der Waals surface area (Å²) >= 11 is 0. The maximum atomic E-state index is 7.88. The lowest BCUT2D eigenvalue weighted by Gasteiger charge is -1.94. The SMILES string of the molecule is [B]NCCO[B]O. The third-order valence-corrected chi connectivity index (χ3v) is 0.439. The maximum Gasteiger partial charge on any atom is 0.485 e. The van der Waals surface area contributed by atoms with E-state index in [1.54, 1.807) is 0 Å². The highest BCUT2D eigenvalue weighted by Gasteiger charge is 1.82. The standard InChI is InChI=1S/C2H6B2NO2/c3-5-1-2-7-4-6/h5-6H,1-2H2. The van der Waals surface area contributed by atoms with Crippen LogP contribution >= 0.6 is 0 Å². The predicted molar refractivity (Wildman–Crippen MR) is 27.7 cm³/mol. The highest BCUT2D eigenvalue weighted by Crippen LogP contribution is 1.61. The fraction of sp³-hybridized carbons (Fsp3) is 1.00. The maximum absolute atomic E-state index is 7.88. The molecular weight excluding hydrogens is 91.7 g/mol. The van der Waals surface area contributed by atoms with E-state index in [1.807, 2.05) is 0 Å². The molecule has 0 fully saturated rings. The topological polar surface area (TPSA) is 41.5 Å². The van der Waals surface area contributed by atoms with Gasteiger partial charge in [0.2, 0.25) is 0 Å². The van der Waals surface area contributed by atoms with Gasteiger partial charge in [-0.3, -0.25) is 0 Å². The summed E-state index contributed by atoms with van der Waals surface area (Å²) in [4.78, 5) is 0. The van der Waals surface area contributed by atoms with Gasteiger partial charge in [0.05, 0.1) is 0 Å². The molecule has 0 aromatic rings. The van der Waals surface area contributed by atoms with Crippen LogP contribution in [0.15, 0.2) is 0 Å². The summed E-state index contributed by atoms with van der Waals surface area (Å²) in [5.74, 6) is 0. The molecule has 0 aliphatic heterocycles. The van der Waals surface area contributed by atoms with E-state index >= 15 is 0 Å². The van der Waals surface area contributed by atoms with Crippen LogP contribution in [0.2, 0.25) is 0 Å². The van der Waals surface area contributed by atoms with E-state index in [2.05, 4.69) is 9.88 Å². The first-order chi connectivity index (χ1) is 3.41. The highest BCUT2D eigenvalue weighted by molar-refractivity contribution is 6.15. The van der Waals surface area contributed by atoms with E-state index in [9.17, 15) is 0 Å². The normalized spacial score (nSPS) is 8.71. The second-order valence-corrected chi connectivity index (χ2v) is 0.930. The van der Waals surface area contributed by atoms with Crippen molar-refractivity contribution in [3.05, 3.63) is 0 Å². The average Bonchev–Trinajstić information content (AvgIpc) is 1.69. The van der Waals surface area contributed by atoms with E-state index < -0.39 is 0 Å². The van der Waals surface area contributed by atoms with Gasteiger partial charge in [0.25, 0.3) is 0 Å². The van der Waals surface area contributed by atoms with Gasteiger partial charge in [-0.2, -0.15) is 0 Å². The molecule has 0 unspecified atom stereocenters. The number of rotatable bonds is 4. The molecule has 0 spiro atoms. The summed E-state index contributed by atoms with van der Waals surface area (Å²) in [5, 5.41) is 10.2. The van der Waals surface area contributed by atoms with Gasteiger partial charge in [-0.15, -0.1) is 0 Å². The molecule has 0 amide bonds. The summed E-state index contributed by atoms with van der Waals surface area (Å²) in [7, 11) is 5.48. The monoisotopic (exact) mass is 98.1 g/mol. The van der Waals surface area contributed by atoms with Crippen molar-refractivity contribution in [3.63, 3.8) is 0 Å². The van der Waals surface area contributed by atoms with E-state index in [0.717, 1.165) is 0 Å². The molecule has 0 aromatic heterocycles. The van der Waals surface area contributed by atoms with Crippen LogP contribution in [0.4, 0.5) is 0 Å². The van der Waals surface area contributed by atoms with Gasteiger partial charge in [0.1, 0.15) is 0 Å². The largest absolute Gasteiger partial charge is 0.485 e. The van der Waals surface area contributed by atoms with Crippen molar-refractivity contribution in [1.29, 1.82) is 0 Å². The Morgan fingerprint density at radius 2 is 2.57 bits per heavy atom. The number of hydrogen-bond acceptors (Lipinski definition) is 3. The van der Waals surface area contributed by atoms with Crippen molar-refractivity contribution >= 4 is 15.7 Å². The molecule has 3 radical (unpaired) electrons. The first-order valence-electron chi connectivity index (χ1n) is 1.92. The summed E-state index contributed by atoms with van der Waals surface area (Å²) in [6.45, 7) is 0.935. The Labute approximate surface area is 44.8 Å². The zero-order chi connectivity index (χ0) is 5.54. The molecule has 0 saturated heterocycles. The van der Waals surface area contributed by atoms with Gasteiger partial charge in [-0.1, -0.05) is 0 Å². The highest BCUT2D eigenvalue weighted by atomic mass is 16.5. The van der Waals surface area contributed by atoms with E-state index in [4.69, 9.17) is 13.0 Å².